The SMILES string of the molecule is CC1(Cl)CCCCCCC1. The van der Waals surface area contributed by atoms with E-state index in [4.69, 9.17) is 11.6 Å². The zero-order chi connectivity index (χ0) is 7.45. The standard InChI is InChI=1S/C9H17Cl/c1-9(10)7-5-3-2-4-6-8-9/h2-8H2,1H3. The first-order chi connectivity index (χ1) is 4.71. The molecule has 1 fully saturated rings. The topological polar surface area (TPSA) is 0 Å². The summed E-state index contributed by atoms with van der Waals surface area (Å²) in [6.07, 6.45) is 9.31. The lowest BCUT2D eigenvalue weighted by Gasteiger charge is -2.23. The van der Waals surface area contributed by atoms with Gasteiger partial charge >= 0.3 is 0 Å². The molecule has 0 N–H and O–H groups in total. The Morgan fingerprint density at radius 1 is 0.900 bits per heavy atom. The van der Waals surface area contributed by atoms with Gasteiger partial charge in [0, 0.05) is 4.87 Å². The molecule has 1 aliphatic carbocycles. The fourth-order valence-electron chi connectivity index (χ4n) is 1.64. The van der Waals surface area contributed by atoms with Crippen LogP contribution in [0.15, 0.2) is 0 Å². The summed E-state index contributed by atoms with van der Waals surface area (Å²) >= 11 is 6.25. The number of rotatable bonds is 0. The molecule has 0 spiro atoms. The third-order valence-electron chi connectivity index (χ3n) is 2.40. The van der Waals surface area contributed by atoms with Crippen LogP contribution in [0.25, 0.3) is 0 Å². The molecule has 0 heterocycles. The molecule has 0 amide bonds. The Morgan fingerprint density at radius 2 is 1.30 bits per heavy atom. The zero-order valence-electron chi connectivity index (χ0n) is 6.83. The van der Waals surface area contributed by atoms with Crippen LogP contribution in [-0.2, 0) is 0 Å². The maximum atomic E-state index is 6.25. The molecule has 10 heavy (non-hydrogen) atoms. The van der Waals surface area contributed by atoms with Crippen molar-refractivity contribution in [3.05, 3.63) is 0 Å². The molecule has 0 saturated heterocycles. The van der Waals surface area contributed by atoms with E-state index in [9.17, 15) is 0 Å². The second-order valence-corrected chi connectivity index (χ2v) is 4.59. The summed E-state index contributed by atoms with van der Waals surface area (Å²) in [5.41, 5.74) is 0. The summed E-state index contributed by atoms with van der Waals surface area (Å²) < 4.78 is 0. The van der Waals surface area contributed by atoms with Crippen LogP contribution in [0.3, 0.4) is 0 Å². The minimum absolute atomic E-state index is 0.125. The minimum atomic E-state index is 0.125. The third-order valence-corrected chi connectivity index (χ3v) is 2.77. The Morgan fingerprint density at radius 3 is 1.80 bits per heavy atom. The van der Waals surface area contributed by atoms with Crippen LogP contribution in [0.2, 0.25) is 0 Å². The Balaban J connectivity index is 2.30. The minimum Gasteiger partial charge on any atom is -0.120 e. The summed E-state index contributed by atoms with van der Waals surface area (Å²) in [6, 6.07) is 0. The Labute approximate surface area is 69.0 Å². The summed E-state index contributed by atoms with van der Waals surface area (Å²) in [7, 11) is 0. The average molecular weight is 161 g/mol. The second-order valence-electron chi connectivity index (χ2n) is 3.68. The second kappa shape index (κ2) is 3.61. The molecular weight excluding hydrogens is 144 g/mol. The van der Waals surface area contributed by atoms with E-state index >= 15 is 0 Å². The van der Waals surface area contributed by atoms with Gasteiger partial charge in [-0.05, 0) is 19.8 Å². The van der Waals surface area contributed by atoms with Crippen LogP contribution in [0.1, 0.15) is 51.9 Å². The first kappa shape index (κ1) is 8.39. The van der Waals surface area contributed by atoms with Crippen LogP contribution < -0.4 is 0 Å². The smallest absolute Gasteiger partial charge is 0.0418 e. The van der Waals surface area contributed by atoms with Crippen molar-refractivity contribution in [3.63, 3.8) is 0 Å². The molecule has 0 aromatic carbocycles. The van der Waals surface area contributed by atoms with Gasteiger partial charge in [-0.25, -0.2) is 0 Å². The largest absolute Gasteiger partial charge is 0.120 e. The monoisotopic (exact) mass is 160 g/mol. The van der Waals surface area contributed by atoms with Crippen molar-refractivity contribution in [2.75, 3.05) is 0 Å². The fourth-order valence-corrected chi connectivity index (χ4v) is 1.91. The molecule has 0 aliphatic heterocycles. The lowest BCUT2D eigenvalue weighted by atomic mass is 9.92. The highest BCUT2D eigenvalue weighted by Gasteiger charge is 2.20. The molecule has 0 aromatic rings. The highest BCUT2D eigenvalue weighted by atomic mass is 35.5. The van der Waals surface area contributed by atoms with Crippen LogP contribution in [0, 0.1) is 0 Å². The van der Waals surface area contributed by atoms with Crippen molar-refractivity contribution in [3.8, 4) is 0 Å². The van der Waals surface area contributed by atoms with E-state index in [0.717, 1.165) is 0 Å². The Hall–Kier alpha value is 0.290. The molecule has 60 valence electrons. The molecule has 1 heteroatoms. The molecule has 0 atom stereocenters. The van der Waals surface area contributed by atoms with E-state index < -0.39 is 0 Å². The van der Waals surface area contributed by atoms with Gasteiger partial charge in [-0.2, -0.15) is 0 Å². The summed E-state index contributed by atoms with van der Waals surface area (Å²) in [4.78, 5) is 0.125. The highest BCUT2D eigenvalue weighted by Crippen LogP contribution is 2.31. The van der Waals surface area contributed by atoms with Gasteiger partial charge in [0.2, 0.25) is 0 Å². The first-order valence-electron chi connectivity index (χ1n) is 4.40. The van der Waals surface area contributed by atoms with E-state index in [1.807, 2.05) is 0 Å². The van der Waals surface area contributed by atoms with Gasteiger partial charge in [0.1, 0.15) is 0 Å². The van der Waals surface area contributed by atoms with Gasteiger partial charge in [0.25, 0.3) is 0 Å². The molecule has 1 saturated carbocycles. The molecule has 1 rings (SSSR count). The van der Waals surface area contributed by atoms with E-state index in [0.29, 0.717) is 0 Å². The molecule has 1 aliphatic rings. The highest BCUT2D eigenvalue weighted by molar-refractivity contribution is 6.23. The maximum Gasteiger partial charge on any atom is 0.0418 e. The third kappa shape index (κ3) is 2.92. The normalized spacial score (nSPS) is 27.0. The molecule has 0 unspecified atom stereocenters. The number of hydrogen-bond donors (Lipinski definition) is 0. The zero-order valence-corrected chi connectivity index (χ0v) is 7.58. The van der Waals surface area contributed by atoms with E-state index in [2.05, 4.69) is 6.92 Å². The number of hydrogen-bond acceptors (Lipinski definition) is 0. The number of alkyl halides is 1. The van der Waals surface area contributed by atoms with Crippen molar-refractivity contribution < 1.29 is 0 Å². The van der Waals surface area contributed by atoms with Gasteiger partial charge in [0.05, 0.1) is 0 Å². The summed E-state index contributed by atoms with van der Waals surface area (Å²) in [5, 5.41) is 0. The molecular formula is C9H17Cl. The van der Waals surface area contributed by atoms with Gasteiger partial charge in [-0.3, -0.25) is 0 Å². The Kier molecular flexibility index (Phi) is 3.03. The quantitative estimate of drug-likeness (QED) is 0.474. The first-order valence-corrected chi connectivity index (χ1v) is 4.77. The van der Waals surface area contributed by atoms with Crippen LogP contribution >= 0.6 is 11.6 Å². The van der Waals surface area contributed by atoms with Crippen molar-refractivity contribution >= 4 is 11.6 Å². The molecule has 0 nitrogen and oxygen atoms in total. The lowest BCUT2D eigenvalue weighted by molar-refractivity contribution is 0.430. The lowest BCUT2D eigenvalue weighted by Crippen LogP contribution is -2.17. The molecule has 0 bridgehead atoms. The maximum absolute atomic E-state index is 6.25. The van der Waals surface area contributed by atoms with E-state index in [1.54, 1.807) is 0 Å². The van der Waals surface area contributed by atoms with Crippen molar-refractivity contribution in [1.29, 1.82) is 0 Å². The van der Waals surface area contributed by atoms with Crippen molar-refractivity contribution in [1.82, 2.24) is 0 Å². The average Bonchev–Trinajstić information content (AvgIpc) is 1.81. The van der Waals surface area contributed by atoms with E-state index in [-0.39, 0.29) is 4.87 Å². The van der Waals surface area contributed by atoms with Gasteiger partial charge in [-0.1, -0.05) is 32.1 Å². The van der Waals surface area contributed by atoms with Gasteiger partial charge in [-0.15, -0.1) is 11.6 Å². The van der Waals surface area contributed by atoms with Crippen molar-refractivity contribution in [2.45, 2.75) is 56.7 Å². The summed E-state index contributed by atoms with van der Waals surface area (Å²) in [6.45, 7) is 2.18. The van der Waals surface area contributed by atoms with Gasteiger partial charge in [0.15, 0.2) is 0 Å². The van der Waals surface area contributed by atoms with Crippen LogP contribution in [0.4, 0.5) is 0 Å². The van der Waals surface area contributed by atoms with Crippen LogP contribution in [-0.4, -0.2) is 4.87 Å². The van der Waals surface area contributed by atoms with E-state index in [1.165, 1.54) is 44.9 Å². The fraction of sp³-hybridized carbons (Fsp3) is 1.00. The van der Waals surface area contributed by atoms with Gasteiger partial charge < -0.3 is 0 Å². The molecule has 0 aromatic heterocycles. The van der Waals surface area contributed by atoms with Crippen molar-refractivity contribution in [2.24, 2.45) is 0 Å². The predicted octanol–water partition coefficient (Wildman–Crippen LogP) is 3.73. The predicted molar refractivity (Wildman–Crippen MR) is 46.6 cm³/mol. The number of halogens is 1. The van der Waals surface area contributed by atoms with Crippen LogP contribution in [0.5, 0.6) is 0 Å². The molecule has 0 radical (unpaired) electrons. The Bertz CT molecular complexity index is 86.9. The summed E-state index contributed by atoms with van der Waals surface area (Å²) in [5.74, 6) is 0.